The molecule has 0 aliphatic carbocycles. The van der Waals surface area contributed by atoms with Gasteiger partial charge in [-0.25, -0.2) is 8.42 Å². The number of amides is 2. The molecule has 8 nitrogen and oxygen atoms in total. The van der Waals surface area contributed by atoms with Crippen molar-refractivity contribution >= 4 is 21.8 Å². The van der Waals surface area contributed by atoms with Gasteiger partial charge in [0.05, 0.1) is 7.11 Å². The van der Waals surface area contributed by atoms with E-state index >= 15 is 0 Å². The SMILES string of the molecule is COc1ccc(C(=O)NC2CCN(C(=O)C(C)C)CC2)cc1S(=O)(=O)N1CCCC1. The van der Waals surface area contributed by atoms with Gasteiger partial charge in [0, 0.05) is 43.7 Å². The average molecular weight is 438 g/mol. The number of carbonyl (C=O) groups excluding carboxylic acids is 2. The van der Waals surface area contributed by atoms with Gasteiger partial charge in [-0.1, -0.05) is 13.8 Å². The smallest absolute Gasteiger partial charge is 0.251 e. The van der Waals surface area contributed by atoms with Crippen molar-refractivity contribution in [2.45, 2.75) is 50.5 Å². The molecule has 1 N–H and O–H groups in total. The highest BCUT2D eigenvalue weighted by Crippen LogP contribution is 2.30. The molecule has 30 heavy (non-hydrogen) atoms. The van der Waals surface area contributed by atoms with Crippen molar-refractivity contribution in [2.75, 3.05) is 33.3 Å². The number of ether oxygens (including phenoxy) is 1. The van der Waals surface area contributed by atoms with E-state index in [9.17, 15) is 18.0 Å². The second kappa shape index (κ2) is 9.34. The number of benzene rings is 1. The predicted molar refractivity (Wildman–Crippen MR) is 113 cm³/mol. The lowest BCUT2D eigenvalue weighted by Crippen LogP contribution is -2.47. The lowest BCUT2D eigenvalue weighted by atomic mass is 10.0. The van der Waals surface area contributed by atoms with Gasteiger partial charge in [-0.05, 0) is 43.9 Å². The van der Waals surface area contributed by atoms with Crippen LogP contribution in [0.4, 0.5) is 0 Å². The van der Waals surface area contributed by atoms with E-state index in [0.29, 0.717) is 39.0 Å². The van der Waals surface area contributed by atoms with E-state index < -0.39 is 10.0 Å². The van der Waals surface area contributed by atoms with Crippen LogP contribution in [-0.2, 0) is 14.8 Å². The van der Waals surface area contributed by atoms with E-state index in [-0.39, 0.29) is 40.0 Å². The third-order valence-electron chi connectivity index (χ3n) is 5.74. The minimum absolute atomic E-state index is 0.0249. The summed E-state index contributed by atoms with van der Waals surface area (Å²) in [5.74, 6) is 0.0150. The van der Waals surface area contributed by atoms with Crippen LogP contribution in [0, 0.1) is 5.92 Å². The van der Waals surface area contributed by atoms with E-state index in [1.54, 1.807) is 6.07 Å². The van der Waals surface area contributed by atoms with Gasteiger partial charge in [-0.15, -0.1) is 0 Å². The molecule has 2 amide bonds. The fourth-order valence-corrected chi connectivity index (χ4v) is 5.66. The van der Waals surface area contributed by atoms with Crippen molar-refractivity contribution in [2.24, 2.45) is 5.92 Å². The van der Waals surface area contributed by atoms with Crippen LogP contribution in [0.15, 0.2) is 23.1 Å². The van der Waals surface area contributed by atoms with E-state index in [0.717, 1.165) is 12.8 Å². The number of hydrogen-bond acceptors (Lipinski definition) is 5. The number of carbonyl (C=O) groups is 2. The highest BCUT2D eigenvalue weighted by atomic mass is 32.2. The zero-order valence-electron chi connectivity index (χ0n) is 17.9. The van der Waals surface area contributed by atoms with Crippen LogP contribution in [-0.4, -0.2) is 68.8 Å². The highest BCUT2D eigenvalue weighted by Gasteiger charge is 2.31. The normalized spacial score (nSPS) is 18.6. The van der Waals surface area contributed by atoms with E-state index in [1.165, 1.54) is 23.5 Å². The van der Waals surface area contributed by atoms with Crippen molar-refractivity contribution in [1.29, 1.82) is 0 Å². The first-order chi connectivity index (χ1) is 14.2. The van der Waals surface area contributed by atoms with Gasteiger partial charge in [-0.3, -0.25) is 9.59 Å². The Balaban J connectivity index is 1.70. The highest BCUT2D eigenvalue weighted by molar-refractivity contribution is 7.89. The molecule has 3 rings (SSSR count). The summed E-state index contributed by atoms with van der Waals surface area (Å²) in [6, 6.07) is 4.46. The predicted octanol–water partition coefficient (Wildman–Crippen LogP) is 1.86. The number of piperidine rings is 1. The lowest BCUT2D eigenvalue weighted by Gasteiger charge is -2.33. The molecule has 166 valence electrons. The Morgan fingerprint density at radius 2 is 1.73 bits per heavy atom. The van der Waals surface area contributed by atoms with Crippen molar-refractivity contribution in [3.05, 3.63) is 23.8 Å². The van der Waals surface area contributed by atoms with Crippen LogP contribution in [0.2, 0.25) is 0 Å². The Morgan fingerprint density at radius 3 is 2.30 bits per heavy atom. The number of likely N-dealkylation sites (tertiary alicyclic amines) is 1. The third kappa shape index (κ3) is 4.78. The number of nitrogens with zero attached hydrogens (tertiary/aromatic N) is 2. The van der Waals surface area contributed by atoms with Crippen molar-refractivity contribution < 1.29 is 22.7 Å². The molecular weight excluding hydrogens is 406 g/mol. The number of rotatable bonds is 6. The topological polar surface area (TPSA) is 96.0 Å². The molecule has 2 saturated heterocycles. The second-order valence-electron chi connectivity index (χ2n) is 8.20. The molecule has 0 saturated carbocycles. The number of methoxy groups -OCH3 is 1. The zero-order chi connectivity index (χ0) is 21.9. The standard InChI is InChI=1S/C21H31N3O5S/c1-15(2)21(26)23-12-8-17(9-13-23)22-20(25)16-6-7-18(29-3)19(14-16)30(27,28)24-10-4-5-11-24/h6-7,14-15,17H,4-5,8-13H2,1-3H3,(H,22,25). The minimum atomic E-state index is -3.71. The van der Waals surface area contributed by atoms with Crippen molar-refractivity contribution in [3.63, 3.8) is 0 Å². The maximum absolute atomic E-state index is 13.0. The minimum Gasteiger partial charge on any atom is -0.495 e. The van der Waals surface area contributed by atoms with Crippen molar-refractivity contribution in [1.82, 2.24) is 14.5 Å². The Bertz CT molecular complexity index is 886. The lowest BCUT2D eigenvalue weighted by molar-refractivity contribution is -0.135. The largest absolute Gasteiger partial charge is 0.495 e. The molecule has 0 bridgehead atoms. The van der Waals surface area contributed by atoms with Gasteiger partial charge in [-0.2, -0.15) is 4.31 Å². The Morgan fingerprint density at radius 1 is 1.10 bits per heavy atom. The van der Waals surface area contributed by atoms with Crippen LogP contribution in [0.1, 0.15) is 49.9 Å². The van der Waals surface area contributed by atoms with Crippen LogP contribution in [0.3, 0.4) is 0 Å². The van der Waals surface area contributed by atoms with Gasteiger partial charge in [0.15, 0.2) is 0 Å². The van der Waals surface area contributed by atoms with Gasteiger partial charge < -0.3 is 15.0 Å². The Kier molecular flexibility index (Phi) is 7.02. The van der Waals surface area contributed by atoms with Crippen molar-refractivity contribution in [3.8, 4) is 5.75 Å². The summed E-state index contributed by atoms with van der Waals surface area (Å²) in [6.07, 6.45) is 3.03. The van der Waals surface area contributed by atoms with Crippen LogP contribution in [0.5, 0.6) is 5.75 Å². The Labute approximate surface area is 178 Å². The van der Waals surface area contributed by atoms with Gasteiger partial charge in [0.1, 0.15) is 10.6 Å². The van der Waals surface area contributed by atoms with Gasteiger partial charge >= 0.3 is 0 Å². The fourth-order valence-electron chi connectivity index (χ4n) is 3.97. The summed E-state index contributed by atoms with van der Waals surface area (Å²) >= 11 is 0. The average Bonchev–Trinajstić information content (AvgIpc) is 3.29. The molecule has 1 aromatic rings. The number of sulfonamides is 1. The summed E-state index contributed by atoms with van der Waals surface area (Å²) in [5, 5.41) is 2.98. The molecule has 0 radical (unpaired) electrons. The maximum atomic E-state index is 13.0. The van der Waals surface area contributed by atoms with Crippen LogP contribution < -0.4 is 10.1 Å². The molecule has 0 aromatic heterocycles. The third-order valence-corrected chi connectivity index (χ3v) is 7.66. The molecule has 2 aliphatic heterocycles. The molecule has 9 heteroatoms. The van der Waals surface area contributed by atoms with E-state index in [2.05, 4.69) is 5.32 Å². The van der Waals surface area contributed by atoms with Gasteiger partial charge in [0.2, 0.25) is 15.9 Å². The van der Waals surface area contributed by atoms with Crippen LogP contribution in [0.25, 0.3) is 0 Å². The summed E-state index contributed by atoms with van der Waals surface area (Å²) in [5.41, 5.74) is 0.286. The summed E-state index contributed by atoms with van der Waals surface area (Å²) in [4.78, 5) is 26.8. The van der Waals surface area contributed by atoms with E-state index in [1.807, 2.05) is 18.7 Å². The van der Waals surface area contributed by atoms with Gasteiger partial charge in [0.25, 0.3) is 5.91 Å². The summed E-state index contributed by atoms with van der Waals surface area (Å²) in [6.45, 7) is 5.95. The maximum Gasteiger partial charge on any atom is 0.251 e. The first-order valence-electron chi connectivity index (χ1n) is 10.5. The summed E-state index contributed by atoms with van der Waals surface area (Å²) < 4.78 is 32.7. The second-order valence-corrected chi connectivity index (χ2v) is 10.1. The number of nitrogens with one attached hydrogen (secondary N) is 1. The Hall–Kier alpha value is -2.13. The quantitative estimate of drug-likeness (QED) is 0.733. The first-order valence-corrected chi connectivity index (χ1v) is 12.0. The molecule has 1 aromatic carbocycles. The summed E-state index contributed by atoms with van der Waals surface area (Å²) in [7, 11) is -2.29. The fraction of sp³-hybridized carbons (Fsp3) is 0.619. The monoisotopic (exact) mass is 437 g/mol. The van der Waals surface area contributed by atoms with E-state index in [4.69, 9.17) is 4.74 Å². The number of hydrogen-bond donors (Lipinski definition) is 1. The van der Waals surface area contributed by atoms with Crippen LogP contribution >= 0.6 is 0 Å². The molecule has 0 spiro atoms. The molecule has 0 unspecified atom stereocenters. The zero-order valence-corrected chi connectivity index (χ0v) is 18.7. The molecule has 2 aliphatic rings. The molecule has 0 atom stereocenters. The first kappa shape index (κ1) is 22.6. The molecular formula is C21H31N3O5S. The molecule has 2 heterocycles. The molecule has 2 fully saturated rings.